The third kappa shape index (κ3) is 5.19. The van der Waals surface area contributed by atoms with Crippen molar-refractivity contribution in [2.75, 3.05) is 18.8 Å². The van der Waals surface area contributed by atoms with E-state index >= 15 is 0 Å². The average Bonchev–Trinajstić information content (AvgIpc) is 2.39. The van der Waals surface area contributed by atoms with Gasteiger partial charge in [-0.15, -0.1) is 0 Å². The Bertz CT molecular complexity index is 198. The number of thioether (sulfide) groups is 1. The molecule has 0 amide bonds. The molecule has 0 saturated carbocycles. The van der Waals surface area contributed by atoms with Gasteiger partial charge in [0.25, 0.3) is 0 Å². The molecule has 0 radical (unpaired) electrons. The topological polar surface area (TPSA) is 24.1 Å². The summed E-state index contributed by atoms with van der Waals surface area (Å²) in [6.07, 6.45) is 9.77. The summed E-state index contributed by atoms with van der Waals surface area (Å²) in [5.41, 5.74) is 0. The van der Waals surface area contributed by atoms with Crippen molar-refractivity contribution in [1.29, 1.82) is 0 Å². The lowest BCUT2D eigenvalue weighted by atomic mass is 9.99. The van der Waals surface area contributed by atoms with Gasteiger partial charge < -0.3 is 10.6 Å². The van der Waals surface area contributed by atoms with Crippen LogP contribution in [0, 0.1) is 0 Å². The molecule has 100 valence electrons. The second-order valence-electron chi connectivity index (χ2n) is 5.68. The molecule has 3 heteroatoms. The van der Waals surface area contributed by atoms with Gasteiger partial charge in [-0.05, 0) is 51.3 Å². The van der Waals surface area contributed by atoms with Crippen LogP contribution in [0.2, 0.25) is 0 Å². The SMILES string of the molecule is CC(CC1CCCCN1)NCC1CCCCS1. The minimum Gasteiger partial charge on any atom is -0.314 e. The van der Waals surface area contributed by atoms with Crippen molar-refractivity contribution in [3.05, 3.63) is 0 Å². The monoisotopic (exact) mass is 256 g/mol. The fraction of sp³-hybridized carbons (Fsp3) is 1.00. The molecule has 0 aromatic carbocycles. The molecule has 2 aliphatic rings. The molecular weight excluding hydrogens is 228 g/mol. The summed E-state index contributed by atoms with van der Waals surface area (Å²) in [7, 11) is 0. The highest BCUT2D eigenvalue weighted by Crippen LogP contribution is 2.24. The van der Waals surface area contributed by atoms with Crippen LogP contribution in [0.4, 0.5) is 0 Å². The smallest absolute Gasteiger partial charge is 0.0172 e. The van der Waals surface area contributed by atoms with Gasteiger partial charge in [0.05, 0.1) is 0 Å². The Kier molecular flexibility index (Phi) is 6.16. The summed E-state index contributed by atoms with van der Waals surface area (Å²) in [6.45, 7) is 4.80. The van der Waals surface area contributed by atoms with Gasteiger partial charge >= 0.3 is 0 Å². The van der Waals surface area contributed by atoms with Gasteiger partial charge in [0.2, 0.25) is 0 Å². The molecule has 2 nitrogen and oxygen atoms in total. The fourth-order valence-corrected chi connectivity index (χ4v) is 4.19. The minimum absolute atomic E-state index is 0.674. The Balaban J connectivity index is 1.57. The minimum atomic E-state index is 0.674. The fourth-order valence-electron chi connectivity index (χ4n) is 2.94. The van der Waals surface area contributed by atoms with Crippen molar-refractivity contribution >= 4 is 11.8 Å². The van der Waals surface area contributed by atoms with Crippen LogP contribution in [0.25, 0.3) is 0 Å². The summed E-state index contributed by atoms with van der Waals surface area (Å²) < 4.78 is 0. The first-order chi connectivity index (χ1) is 8.34. The van der Waals surface area contributed by atoms with Gasteiger partial charge in [-0.2, -0.15) is 11.8 Å². The Morgan fingerprint density at radius 3 is 2.82 bits per heavy atom. The molecule has 0 aliphatic carbocycles. The number of piperidine rings is 1. The highest BCUT2D eigenvalue weighted by Gasteiger charge is 2.18. The van der Waals surface area contributed by atoms with E-state index in [2.05, 4.69) is 29.3 Å². The van der Waals surface area contributed by atoms with Gasteiger partial charge in [0.1, 0.15) is 0 Å². The molecule has 2 rings (SSSR count). The molecular formula is C14H28N2S. The van der Waals surface area contributed by atoms with Crippen molar-refractivity contribution in [1.82, 2.24) is 10.6 Å². The average molecular weight is 256 g/mol. The van der Waals surface area contributed by atoms with Crippen molar-refractivity contribution in [3.8, 4) is 0 Å². The molecule has 3 unspecified atom stereocenters. The molecule has 0 aromatic rings. The first-order valence-electron chi connectivity index (χ1n) is 7.43. The Labute approximate surface area is 111 Å². The van der Waals surface area contributed by atoms with Crippen LogP contribution in [0.15, 0.2) is 0 Å². The van der Waals surface area contributed by atoms with E-state index < -0.39 is 0 Å². The van der Waals surface area contributed by atoms with Crippen molar-refractivity contribution in [3.63, 3.8) is 0 Å². The molecule has 2 aliphatic heterocycles. The predicted molar refractivity (Wildman–Crippen MR) is 77.8 cm³/mol. The standard InChI is InChI=1S/C14H28N2S/c1-12(10-13-6-2-4-8-15-13)16-11-14-7-3-5-9-17-14/h12-16H,2-11H2,1H3. The van der Waals surface area contributed by atoms with Gasteiger partial charge in [0.15, 0.2) is 0 Å². The maximum absolute atomic E-state index is 3.74. The van der Waals surface area contributed by atoms with E-state index in [1.807, 2.05) is 0 Å². The second-order valence-corrected chi connectivity index (χ2v) is 7.09. The molecule has 2 saturated heterocycles. The highest BCUT2D eigenvalue weighted by molar-refractivity contribution is 7.99. The summed E-state index contributed by atoms with van der Waals surface area (Å²) in [5, 5.41) is 8.26. The third-order valence-corrected chi connectivity index (χ3v) is 5.42. The van der Waals surface area contributed by atoms with Crippen LogP contribution in [0.5, 0.6) is 0 Å². The van der Waals surface area contributed by atoms with Crippen LogP contribution in [-0.4, -0.2) is 36.2 Å². The molecule has 2 fully saturated rings. The molecule has 2 N–H and O–H groups in total. The molecule has 17 heavy (non-hydrogen) atoms. The quantitative estimate of drug-likeness (QED) is 0.791. The van der Waals surface area contributed by atoms with E-state index in [0.717, 1.165) is 11.3 Å². The van der Waals surface area contributed by atoms with Gasteiger partial charge in [-0.1, -0.05) is 12.8 Å². The zero-order valence-electron chi connectivity index (χ0n) is 11.2. The Morgan fingerprint density at radius 1 is 1.24 bits per heavy atom. The molecule has 0 aromatic heterocycles. The number of hydrogen-bond acceptors (Lipinski definition) is 3. The van der Waals surface area contributed by atoms with Gasteiger partial charge in [-0.3, -0.25) is 0 Å². The van der Waals surface area contributed by atoms with Crippen molar-refractivity contribution in [2.45, 2.75) is 69.2 Å². The lowest BCUT2D eigenvalue weighted by molar-refractivity contribution is 0.344. The third-order valence-electron chi connectivity index (χ3n) is 4.02. The second kappa shape index (κ2) is 7.65. The normalized spacial score (nSPS) is 32.3. The lowest BCUT2D eigenvalue weighted by Crippen LogP contribution is -2.41. The van der Waals surface area contributed by atoms with E-state index in [0.29, 0.717) is 6.04 Å². The highest BCUT2D eigenvalue weighted by atomic mass is 32.2. The molecule has 0 spiro atoms. The summed E-state index contributed by atoms with van der Waals surface area (Å²) in [4.78, 5) is 0. The maximum atomic E-state index is 3.74. The van der Waals surface area contributed by atoms with Crippen LogP contribution >= 0.6 is 11.8 Å². The van der Waals surface area contributed by atoms with E-state index in [1.165, 1.54) is 63.8 Å². The zero-order chi connectivity index (χ0) is 11.9. The van der Waals surface area contributed by atoms with Crippen LogP contribution in [-0.2, 0) is 0 Å². The van der Waals surface area contributed by atoms with Crippen molar-refractivity contribution < 1.29 is 0 Å². The van der Waals surface area contributed by atoms with E-state index in [1.54, 1.807) is 0 Å². The Morgan fingerprint density at radius 2 is 2.12 bits per heavy atom. The maximum Gasteiger partial charge on any atom is 0.0172 e. The lowest BCUT2D eigenvalue weighted by Gasteiger charge is -2.28. The van der Waals surface area contributed by atoms with Crippen molar-refractivity contribution in [2.24, 2.45) is 0 Å². The van der Waals surface area contributed by atoms with E-state index in [9.17, 15) is 0 Å². The number of hydrogen-bond donors (Lipinski definition) is 2. The van der Waals surface area contributed by atoms with Crippen LogP contribution in [0.1, 0.15) is 51.9 Å². The van der Waals surface area contributed by atoms with Crippen LogP contribution in [0.3, 0.4) is 0 Å². The Hall–Kier alpha value is 0.270. The number of nitrogens with one attached hydrogen (secondary N) is 2. The summed E-state index contributed by atoms with van der Waals surface area (Å²) in [6, 6.07) is 1.44. The first-order valence-corrected chi connectivity index (χ1v) is 8.48. The molecule has 2 heterocycles. The summed E-state index contributed by atoms with van der Waals surface area (Å²) >= 11 is 2.17. The first kappa shape index (κ1) is 13.7. The molecule has 3 atom stereocenters. The number of rotatable bonds is 5. The predicted octanol–water partition coefficient (Wildman–Crippen LogP) is 2.78. The van der Waals surface area contributed by atoms with Gasteiger partial charge in [-0.25, -0.2) is 0 Å². The largest absolute Gasteiger partial charge is 0.314 e. The van der Waals surface area contributed by atoms with E-state index in [-0.39, 0.29) is 0 Å². The van der Waals surface area contributed by atoms with E-state index in [4.69, 9.17) is 0 Å². The van der Waals surface area contributed by atoms with Crippen LogP contribution < -0.4 is 10.6 Å². The molecule has 0 bridgehead atoms. The summed E-state index contributed by atoms with van der Waals surface area (Å²) in [5.74, 6) is 1.38. The zero-order valence-corrected chi connectivity index (χ0v) is 12.0. The van der Waals surface area contributed by atoms with Gasteiger partial charge in [0, 0.05) is 23.9 Å².